The Morgan fingerprint density at radius 3 is 1.42 bits per heavy atom. The molecule has 116 valence electrons. The number of ether oxygens (including phenoxy) is 2. The number of rotatable bonds is 14. The molecule has 0 aliphatic rings. The van der Waals surface area contributed by atoms with Crippen LogP contribution in [0.15, 0.2) is 0 Å². The summed E-state index contributed by atoms with van der Waals surface area (Å²) in [7, 11) is 0. The summed E-state index contributed by atoms with van der Waals surface area (Å²) >= 11 is 0. The fourth-order valence-electron chi connectivity index (χ4n) is 2.16. The Hall–Kier alpha value is -0.0800. The third-order valence-corrected chi connectivity index (χ3v) is 3.63. The molecular formula is C17H36O2. The normalized spacial score (nSPS) is 14.5. The monoisotopic (exact) mass is 272 g/mol. The summed E-state index contributed by atoms with van der Waals surface area (Å²) in [5.74, 6) is 0. The SMILES string of the molecule is CCCCCCC(C)OCOC(C)CCCCCC. The zero-order valence-electron chi connectivity index (χ0n) is 13.7. The first kappa shape index (κ1) is 18.9. The van der Waals surface area contributed by atoms with Crippen LogP contribution in [0, 0.1) is 0 Å². The van der Waals surface area contributed by atoms with Crippen molar-refractivity contribution in [1.82, 2.24) is 0 Å². The second kappa shape index (κ2) is 14.3. The maximum absolute atomic E-state index is 5.70. The molecule has 0 amide bonds. The van der Waals surface area contributed by atoms with E-state index in [0.29, 0.717) is 19.0 Å². The highest BCUT2D eigenvalue weighted by molar-refractivity contribution is 4.52. The standard InChI is InChI=1S/C17H36O2/c1-5-7-9-11-13-16(3)18-15-19-17(4)14-12-10-8-6-2/h16-17H,5-15H2,1-4H3. The number of hydrogen-bond acceptors (Lipinski definition) is 2. The molecule has 0 aromatic rings. The predicted octanol–water partition coefficient (Wildman–Crippen LogP) is 5.69. The van der Waals surface area contributed by atoms with Gasteiger partial charge in [-0.3, -0.25) is 0 Å². The molecule has 0 aliphatic carbocycles. The van der Waals surface area contributed by atoms with Crippen molar-refractivity contribution >= 4 is 0 Å². The average Bonchev–Trinajstić information content (AvgIpc) is 2.40. The predicted molar refractivity (Wildman–Crippen MR) is 83.5 cm³/mol. The van der Waals surface area contributed by atoms with Crippen molar-refractivity contribution in [2.45, 2.75) is 104 Å². The highest BCUT2D eigenvalue weighted by atomic mass is 16.7. The maximum atomic E-state index is 5.70. The molecule has 2 unspecified atom stereocenters. The largest absolute Gasteiger partial charge is 0.352 e. The number of hydrogen-bond donors (Lipinski definition) is 0. The summed E-state index contributed by atoms with van der Waals surface area (Å²) < 4.78 is 11.4. The van der Waals surface area contributed by atoms with Gasteiger partial charge in [0.15, 0.2) is 0 Å². The molecule has 0 aromatic heterocycles. The van der Waals surface area contributed by atoms with Gasteiger partial charge in [0, 0.05) is 0 Å². The molecule has 2 nitrogen and oxygen atoms in total. The van der Waals surface area contributed by atoms with Crippen molar-refractivity contribution in [2.75, 3.05) is 6.79 Å². The molecule has 2 atom stereocenters. The van der Waals surface area contributed by atoms with Gasteiger partial charge in [-0.2, -0.15) is 0 Å². The molecule has 0 spiro atoms. The highest BCUT2D eigenvalue weighted by Crippen LogP contribution is 2.10. The quantitative estimate of drug-likeness (QED) is 0.298. The van der Waals surface area contributed by atoms with Gasteiger partial charge in [0.25, 0.3) is 0 Å². The fraction of sp³-hybridized carbons (Fsp3) is 1.00. The smallest absolute Gasteiger partial charge is 0.147 e. The summed E-state index contributed by atoms with van der Waals surface area (Å²) in [5, 5.41) is 0. The maximum Gasteiger partial charge on any atom is 0.147 e. The minimum atomic E-state index is 0.337. The van der Waals surface area contributed by atoms with E-state index in [-0.39, 0.29) is 0 Å². The summed E-state index contributed by atoms with van der Waals surface area (Å²) in [6, 6.07) is 0. The zero-order chi connectivity index (χ0) is 14.3. The van der Waals surface area contributed by atoms with E-state index in [4.69, 9.17) is 9.47 Å². The van der Waals surface area contributed by atoms with Crippen molar-refractivity contribution in [3.8, 4) is 0 Å². The van der Waals surface area contributed by atoms with E-state index >= 15 is 0 Å². The number of unbranched alkanes of at least 4 members (excludes halogenated alkanes) is 6. The lowest BCUT2D eigenvalue weighted by Gasteiger charge is -2.16. The van der Waals surface area contributed by atoms with E-state index in [9.17, 15) is 0 Å². The lowest BCUT2D eigenvalue weighted by Crippen LogP contribution is -2.16. The first-order valence-corrected chi connectivity index (χ1v) is 8.43. The van der Waals surface area contributed by atoms with Gasteiger partial charge in [-0.1, -0.05) is 65.2 Å². The van der Waals surface area contributed by atoms with Gasteiger partial charge in [-0.25, -0.2) is 0 Å². The third kappa shape index (κ3) is 14.1. The van der Waals surface area contributed by atoms with Crippen LogP contribution < -0.4 is 0 Å². The topological polar surface area (TPSA) is 18.5 Å². The van der Waals surface area contributed by atoms with Gasteiger partial charge in [0.2, 0.25) is 0 Å². The van der Waals surface area contributed by atoms with E-state index in [1.807, 2.05) is 0 Å². The van der Waals surface area contributed by atoms with Crippen LogP contribution in [0.1, 0.15) is 91.9 Å². The van der Waals surface area contributed by atoms with Crippen LogP contribution >= 0.6 is 0 Å². The van der Waals surface area contributed by atoms with Crippen LogP contribution in [0.3, 0.4) is 0 Å². The van der Waals surface area contributed by atoms with Crippen molar-refractivity contribution in [1.29, 1.82) is 0 Å². The molecule has 0 aliphatic heterocycles. The van der Waals surface area contributed by atoms with E-state index in [1.165, 1.54) is 51.4 Å². The Balaban J connectivity index is 3.30. The average molecular weight is 272 g/mol. The van der Waals surface area contributed by atoms with Crippen LogP contribution in [0.2, 0.25) is 0 Å². The lowest BCUT2D eigenvalue weighted by atomic mass is 10.1. The summed E-state index contributed by atoms with van der Waals surface area (Å²) in [6.07, 6.45) is 13.5. The summed E-state index contributed by atoms with van der Waals surface area (Å²) in [5.41, 5.74) is 0. The molecule has 0 fully saturated rings. The second-order valence-electron chi connectivity index (χ2n) is 5.77. The minimum Gasteiger partial charge on any atom is -0.352 e. The van der Waals surface area contributed by atoms with Gasteiger partial charge < -0.3 is 9.47 Å². The summed E-state index contributed by atoms with van der Waals surface area (Å²) in [6.45, 7) is 9.26. The zero-order valence-corrected chi connectivity index (χ0v) is 13.7. The van der Waals surface area contributed by atoms with Crippen molar-refractivity contribution in [2.24, 2.45) is 0 Å². The molecule has 0 saturated carbocycles. The minimum absolute atomic E-state index is 0.337. The fourth-order valence-corrected chi connectivity index (χ4v) is 2.16. The van der Waals surface area contributed by atoms with Crippen molar-refractivity contribution in [3.05, 3.63) is 0 Å². The highest BCUT2D eigenvalue weighted by Gasteiger charge is 2.05. The Bertz CT molecular complexity index is 153. The molecule has 0 rings (SSSR count). The molecule has 0 saturated heterocycles. The molecule has 0 N–H and O–H groups in total. The molecule has 2 heteroatoms. The molecular weight excluding hydrogens is 236 g/mol. The Morgan fingerprint density at radius 2 is 1.05 bits per heavy atom. The van der Waals surface area contributed by atoms with Crippen LogP contribution in [0.4, 0.5) is 0 Å². The van der Waals surface area contributed by atoms with E-state index in [0.717, 1.165) is 12.8 Å². The van der Waals surface area contributed by atoms with Gasteiger partial charge in [-0.15, -0.1) is 0 Å². The lowest BCUT2D eigenvalue weighted by molar-refractivity contribution is -0.112. The molecule has 0 radical (unpaired) electrons. The molecule has 0 bridgehead atoms. The van der Waals surface area contributed by atoms with E-state index in [2.05, 4.69) is 27.7 Å². The van der Waals surface area contributed by atoms with Gasteiger partial charge >= 0.3 is 0 Å². The third-order valence-electron chi connectivity index (χ3n) is 3.63. The van der Waals surface area contributed by atoms with E-state index < -0.39 is 0 Å². The van der Waals surface area contributed by atoms with Gasteiger partial charge in [0.05, 0.1) is 12.2 Å². The Labute approximate surface area is 121 Å². The first-order valence-electron chi connectivity index (χ1n) is 8.43. The van der Waals surface area contributed by atoms with Crippen LogP contribution in [0.5, 0.6) is 0 Å². The van der Waals surface area contributed by atoms with Crippen LogP contribution in [0.25, 0.3) is 0 Å². The molecule has 19 heavy (non-hydrogen) atoms. The van der Waals surface area contributed by atoms with Crippen LogP contribution in [-0.2, 0) is 9.47 Å². The van der Waals surface area contributed by atoms with Gasteiger partial charge in [0.1, 0.15) is 6.79 Å². The van der Waals surface area contributed by atoms with E-state index in [1.54, 1.807) is 0 Å². The van der Waals surface area contributed by atoms with Crippen LogP contribution in [-0.4, -0.2) is 19.0 Å². The molecule has 0 aromatic carbocycles. The van der Waals surface area contributed by atoms with Gasteiger partial charge in [-0.05, 0) is 26.7 Å². The second-order valence-corrected chi connectivity index (χ2v) is 5.77. The Morgan fingerprint density at radius 1 is 0.632 bits per heavy atom. The Kier molecular flexibility index (Phi) is 14.3. The van der Waals surface area contributed by atoms with Crippen molar-refractivity contribution < 1.29 is 9.47 Å². The van der Waals surface area contributed by atoms with Crippen molar-refractivity contribution in [3.63, 3.8) is 0 Å². The first-order chi connectivity index (χ1) is 9.20. The molecule has 0 heterocycles. The summed E-state index contributed by atoms with van der Waals surface area (Å²) in [4.78, 5) is 0.